The fourth-order valence-electron chi connectivity index (χ4n) is 3.62. The summed E-state index contributed by atoms with van der Waals surface area (Å²) < 4.78 is 0. The third kappa shape index (κ3) is 3.12. The Bertz CT molecular complexity index is 276. The first-order chi connectivity index (χ1) is 8.76. The van der Waals surface area contributed by atoms with Crippen LogP contribution in [0.1, 0.15) is 52.4 Å². The fraction of sp³-hybridized carbons (Fsp3) is 0.933. The second-order valence-electron chi connectivity index (χ2n) is 5.74. The van der Waals surface area contributed by atoms with Crippen molar-refractivity contribution in [1.29, 1.82) is 0 Å². The van der Waals surface area contributed by atoms with Crippen LogP contribution in [0.4, 0.5) is 0 Å². The van der Waals surface area contributed by atoms with Crippen LogP contribution in [0.15, 0.2) is 0 Å². The van der Waals surface area contributed by atoms with Gasteiger partial charge in [0.15, 0.2) is 0 Å². The molecule has 2 atom stereocenters. The van der Waals surface area contributed by atoms with E-state index in [1.807, 2.05) is 0 Å². The van der Waals surface area contributed by atoms with Crippen LogP contribution in [-0.4, -0.2) is 53.8 Å². The number of ketones is 1. The van der Waals surface area contributed by atoms with Crippen molar-refractivity contribution in [2.75, 3.05) is 26.2 Å². The normalized spacial score (nSPS) is 30.9. The Morgan fingerprint density at radius 3 is 2.67 bits per heavy atom. The molecule has 0 aromatic rings. The molecule has 1 saturated heterocycles. The third-order valence-corrected chi connectivity index (χ3v) is 4.74. The van der Waals surface area contributed by atoms with E-state index in [-0.39, 0.29) is 6.04 Å². The van der Waals surface area contributed by atoms with E-state index in [9.17, 15) is 4.79 Å². The number of rotatable bonds is 4. The lowest BCUT2D eigenvalue weighted by Crippen LogP contribution is -2.42. The highest BCUT2D eigenvalue weighted by atomic mass is 16.1. The SMILES string of the molecule is CCN(CC)C1CCN(C2CCCCCC2=O)C1. The molecule has 3 nitrogen and oxygen atoms in total. The Labute approximate surface area is 112 Å². The van der Waals surface area contributed by atoms with E-state index in [0.717, 1.165) is 45.4 Å². The van der Waals surface area contributed by atoms with E-state index >= 15 is 0 Å². The zero-order valence-electron chi connectivity index (χ0n) is 12.0. The maximum atomic E-state index is 12.2. The molecule has 0 radical (unpaired) electrons. The molecule has 1 aliphatic carbocycles. The van der Waals surface area contributed by atoms with Crippen molar-refractivity contribution in [3.05, 3.63) is 0 Å². The van der Waals surface area contributed by atoms with Gasteiger partial charge in [-0.1, -0.05) is 26.7 Å². The summed E-state index contributed by atoms with van der Waals surface area (Å²) in [5.74, 6) is 0.507. The molecular weight excluding hydrogens is 224 g/mol. The lowest BCUT2D eigenvalue weighted by Gasteiger charge is -2.29. The van der Waals surface area contributed by atoms with Crippen LogP contribution in [0.25, 0.3) is 0 Å². The van der Waals surface area contributed by atoms with Gasteiger partial charge >= 0.3 is 0 Å². The Morgan fingerprint density at radius 2 is 1.94 bits per heavy atom. The number of carbonyl (C=O) groups is 1. The monoisotopic (exact) mass is 252 g/mol. The van der Waals surface area contributed by atoms with Crippen LogP contribution < -0.4 is 0 Å². The van der Waals surface area contributed by atoms with Gasteiger partial charge in [-0.15, -0.1) is 0 Å². The predicted molar refractivity (Wildman–Crippen MR) is 74.8 cm³/mol. The lowest BCUT2D eigenvalue weighted by atomic mass is 10.1. The number of carbonyl (C=O) groups excluding carboxylic acids is 1. The first-order valence-electron chi connectivity index (χ1n) is 7.77. The van der Waals surface area contributed by atoms with E-state index in [1.54, 1.807) is 0 Å². The maximum absolute atomic E-state index is 12.2. The summed E-state index contributed by atoms with van der Waals surface area (Å²) in [6.07, 6.45) is 6.76. The number of hydrogen-bond acceptors (Lipinski definition) is 3. The van der Waals surface area contributed by atoms with Gasteiger partial charge in [0, 0.05) is 25.6 Å². The highest BCUT2D eigenvalue weighted by Gasteiger charge is 2.34. The maximum Gasteiger partial charge on any atom is 0.149 e. The molecule has 1 saturated carbocycles. The summed E-state index contributed by atoms with van der Waals surface area (Å²) in [6, 6.07) is 0.920. The van der Waals surface area contributed by atoms with E-state index in [0.29, 0.717) is 11.8 Å². The number of Topliss-reactive ketones (excluding diaryl/α,β-unsaturated/α-hetero) is 1. The van der Waals surface area contributed by atoms with Crippen LogP contribution in [0, 0.1) is 0 Å². The van der Waals surface area contributed by atoms with Crippen LogP contribution >= 0.6 is 0 Å². The van der Waals surface area contributed by atoms with Crippen molar-refractivity contribution in [2.24, 2.45) is 0 Å². The Balaban J connectivity index is 1.92. The molecule has 2 fully saturated rings. The lowest BCUT2D eigenvalue weighted by molar-refractivity contribution is -0.123. The van der Waals surface area contributed by atoms with Crippen LogP contribution in [0.3, 0.4) is 0 Å². The zero-order chi connectivity index (χ0) is 13.0. The molecule has 1 aliphatic heterocycles. The van der Waals surface area contributed by atoms with Crippen molar-refractivity contribution in [1.82, 2.24) is 9.80 Å². The highest BCUT2D eigenvalue weighted by Crippen LogP contribution is 2.24. The van der Waals surface area contributed by atoms with Crippen molar-refractivity contribution < 1.29 is 4.79 Å². The van der Waals surface area contributed by atoms with Crippen molar-refractivity contribution >= 4 is 5.78 Å². The topological polar surface area (TPSA) is 23.6 Å². The quantitative estimate of drug-likeness (QED) is 0.717. The van der Waals surface area contributed by atoms with Gasteiger partial charge in [-0.25, -0.2) is 0 Å². The summed E-state index contributed by atoms with van der Waals surface area (Å²) in [5.41, 5.74) is 0. The third-order valence-electron chi connectivity index (χ3n) is 4.74. The van der Waals surface area contributed by atoms with Gasteiger partial charge < -0.3 is 0 Å². The second-order valence-corrected chi connectivity index (χ2v) is 5.74. The van der Waals surface area contributed by atoms with Gasteiger partial charge in [-0.2, -0.15) is 0 Å². The zero-order valence-corrected chi connectivity index (χ0v) is 12.0. The van der Waals surface area contributed by atoms with Crippen LogP contribution in [-0.2, 0) is 4.79 Å². The Morgan fingerprint density at radius 1 is 1.17 bits per heavy atom. The van der Waals surface area contributed by atoms with E-state index < -0.39 is 0 Å². The number of likely N-dealkylation sites (N-methyl/N-ethyl adjacent to an activating group) is 1. The standard InChI is InChI=1S/C15H28N2O/c1-3-16(4-2)13-10-11-17(12-13)14-8-6-5-7-9-15(14)18/h13-14H,3-12H2,1-2H3. The molecule has 2 aliphatic rings. The fourth-order valence-corrected chi connectivity index (χ4v) is 3.62. The number of hydrogen-bond donors (Lipinski definition) is 0. The summed E-state index contributed by atoms with van der Waals surface area (Å²) in [6.45, 7) is 8.98. The van der Waals surface area contributed by atoms with Crippen molar-refractivity contribution in [3.63, 3.8) is 0 Å². The molecule has 0 aromatic carbocycles. The molecule has 0 aromatic heterocycles. The molecule has 2 unspecified atom stereocenters. The van der Waals surface area contributed by atoms with Gasteiger partial charge in [0.2, 0.25) is 0 Å². The Kier molecular flexibility index (Phi) is 5.19. The molecule has 104 valence electrons. The number of likely N-dealkylation sites (tertiary alicyclic amines) is 1. The second kappa shape index (κ2) is 6.67. The summed E-state index contributed by atoms with van der Waals surface area (Å²) >= 11 is 0. The van der Waals surface area contributed by atoms with E-state index in [4.69, 9.17) is 0 Å². The largest absolute Gasteiger partial charge is 0.300 e. The molecule has 0 amide bonds. The number of nitrogens with zero attached hydrogens (tertiary/aromatic N) is 2. The molecular formula is C15H28N2O. The van der Waals surface area contributed by atoms with Gasteiger partial charge in [-0.05, 0) is 32.4 Å². The first kappa shape index (κ1) is 14.0. The summed E-state index contributed by atoms with van der Waals surface area (Å²) in [7, 11) is 0. The molecule has 2 rings (SSSR count). The first-order valence-corrected chi connectivity index (χ1v) is 7.77. The molecule has 0 N–H and O–H groups in total. The highest BCUT2D eigenvalue weighted by molar-refractivity contribution is 5.84. The molecule has 18 heavy (non-hydrogen) atoms. The van der Waals surface area contributed by atoms with Gasteiger partial charge in [0.25, 0.3) is 0 Å². The summed E-state index contributed by atoms with van der Waals surface area (Å²) in [5, 5.41) is 0. The van der Waals surface area contributed by atoms with Crippen molar-refractivity contribution in [2.45, 2.75) is 64.5 Å². The van der Waals surface area contributed by atoms with Gasteiger partial charge in [0.05, 0.1) is 6.04 Å². The van der Waals surface area contributed by atoms with Crippen LogP contribution in [0.2, 0.25) is 0 Å². The van der Waals surface area contributed by atoms with E-state index in [1.165, 1.54) is 19.3 Å². The summed E-state index contributed by atoms with van der Waals surface area (Å²) in [4.78, 5) is 17.2. The average Bonchev–Trinajstić information content (AvgIpc) is 2.74. The average molecular weight is 252 g/mol. The van der Waals surface area contributed by atoms with Crippen molar-refractivity contribution in [3.8, 4) is 0 Å². The van der Waals surface area contributed by atoms with E-state index in [2.05, 4.69) is 23.6 Å². The van der Waals surface area contributed by atoms with Crippen LogP contribution in [0.5, 0.6) is 0 Å². The molecule has 3 heteroatoms. The molecule has 1 heterocycles. The predicted octanol–water partition coefficient (Wildman–Crippen LogP) is 2.30. The van der Waals surface area contributed by atoms with Gasteiger partial charge in [-0.3, -0.25) is 14.6 Å². The minimum Gasteiger partial charge on any atom is -0.300 e. The molecule has 0 bridgehead atoms. The van der Waals surface area contributed by atoms with Gasteiger partial charge in [0.1, 0.15) is 5.78 Å². The minimum absolute atomic E-state index is 0.244. The minimum atomic E-state index is 0.244. The molecule has 0 spiro atoms. The Hall–Kier alpha value is -0.410. The smallest absolute Gasteiger partial charge is 0.149 e.